The van der Waals surface area contributed by atoms with Gasteiger partial charge in [-0.1, -0.05) is 0 Å². The minimum atomic E-state index is 0.635. The highest BCUT2D eigenvalue weighted by molar-refractivity contribution is 9.10. The summed E-state index contributed by atoms with van der Waals surface area (Å²) in [6, 6.07) is 3.90. The number of nitrogens with zero attached hydrogens (tertiary/aromatic N) is 1. The van der Waals surface area contributed by atoms with E-state index in [1.54, 1.807) is 37.8 Å². The van der Waals surface area contributed by atoms with E-state index in [1.807, 2.05) is 0 Å². The summed E-state index contributed by atoms with van der Waals surface area (Å²) in [5.41, 5.74) is 0.845. The lowest BCUT2D eigenvalue weighted by molar-refractivity contribution is 0.348. The van der Waals surface area contributed by atoms with E-state index in [0.29, 0.717) is 18.0 Å². The van der Waals surface area contributed by atoms with Crippen LogP contribution in [0.25, 0.3) is 0 Å². The van der Waals surface area contributed by atoms with Crippen molar-refractivity contribution in [2.24, 2.45) is 0 Å². The molecular formula is C13H15BrN2O2S. The van der Waals surface area contributed by atoms with Gasteiger partial charge in [0.15, 0.2) is 11.5 Å². The Labute approximate surface area is 124 Å². The number of aromatic nitrogens is 1. The van der Waals surface area contributed by atoms with Crippen molar-refractivity contribution in [3.05, 3.63) is 38.8 Å². The van der Waals surface area contributed by atoms with E-state index in [2.05, 4.69) is 37.7 Å². The quantitative estimate of drug-likeness (QED) is 0.875. The van der Waals surface area contributed by atoms with Crippen LogP contribution in [-0.2, 0) is 13.1 Å². The molecule has 0 fully saturated rings. The van der Waals surface area contributed by atoms with Crippen LogP contribution in [0.3, 0.4) is 0 Å². The number of hydrogen-bond donors (Lipinski definition) is 1. The first-order chi connectivity index (χ1) is 9.24. The third-order valence-corrected chi connectivity index (χ3v) is 4.28. The van der Waals surface area contributed by atoms with Gasteiger partial charge in [0.1, 0.15) is 0 Å². The van der Waals surface area contributed by atoms with Gasteiger partial charge in [0, 0.05) is 40.1 Å². The largest absolute Gasteiger partial charge is 0.493 e. The van der Waals surface area contributed by atoms with Gasteiger partial charge in [-0.05, 0) is 22.0 Å². The first-order valence-electron chi connectivity index (χ1n) is 5.74. The summed E-state index contributed by atoms with van der Waals surface area (Å²) in [6.45, 7) is 1.44. The molecule has 0 aliphatic heterocycles. The molecule has 6 heteroatoms. The molecule has 0 saturated heterocycles. The molecule has 0 aliphatic rings. The second-order valence-electron chi connectivity index (χ2n) is 3.83. The van der Waals surface area contributed by atoms with Gasteiger partial charge < -0.3 is 14.8 Å². The number of methoxy groups -OCH3 is 2. The summed E-state index contributed by atoms with van der Waals surface area (Å²) >= 11 is 5.16. The predicted molar refractivity (Wildman–Crippen MR) is 79.9 cm³/mol. The molecule has 0 saturated carbocycles. The zero-order valence-electron chi connectivity index (χ0n) is 10.8. The number of pyridine rings is 1. The van der Waals surface area contributed by atoms with Gasteiger partial charge in [-0.25, -0.2) is 0 Å². The fourth-order valence-corrected chi connectivity index (χ4v) is 3.15. The van der Waals surface area contributed by atoms with Gasteiger partial charge in [0.2, 0.25) is 0 Å². The molecule has 2 aromatic rings. The Hall–Kier alpha value is -1.11. The summed E-state index contributed by atoms with van der Waals surface area (Å²) in [4.78, 5) is 5.59. The first-order valence-corrected chi connectivity index (χ1v) is 7.41. The second kappa shape index (κ2) is 6.88. The van der Waals surface area contributed by atoms with Crippen LogP contribution in [-0.4, -0.2) is 19.2 Å². The lowest BCUT2D eigenvalue weighted by Crippen LogP contribution is -2.14. The summed E-state index contributed by atoms with van der Waals surface area (Å²) in [7, 11) is 3.25. The Morgan fingerprint density at radius 3 is 2.79 bits per heavy atom. The molecule has 1 N–H and O–H groups in total. The number of thiophene rings is 1. The maximum absolute atomic E-state index is 5.34. The molecule has 0 aromatic carbocycles. The van der Waals surface area contributed by atoms with E-state index < -0.39 is 0 Å². The summed E-state index contributed by atoms with van der Waals surface area (Å²) in [5.74, 6) is 1.39. The minimum Gasteiger partial charge on any atom is -0.493 e. The fourth-order valence-electron chi connectivity index (χ4n) is 1.73. The fraction of sp³-hybridized carbons (Fsp3) is 0.308. The lowest BCUT2D eigenvalue weighted by atomic mass is 10.3. The van der Waals surface area contributed by atoms with Crippen LogP contribution in [0.1, 0.15) is 10.6 Å². The Morgan fingerprint density at radius 1 is 1.32 bits per heavy atom. The van der Waals surface area contributed by atoms with E-state index in [4.69, 9.17) is 9.47 Å². The SMILES string of the molecule is COc1ccnc(CNCc2cc(Br)cs2)c1OC. The standard InChI is InChI=1S/C13H15BrN2O2S/c1-17-12-3-4-16-11(13(12)18-2)7-15-6-10-5-9(14)8-19-10/h3-5,8,15H,6-7H2,1-2H3. The monoisotopic (exact) mass is 342 g/mol. The topological polar surface area (TPSA) is 43.4 Å². The maximum Gasteiger partial charge on any atom is 0.183 e. The zero-order chi connectivity index (χ0) is 13.7. The first kappa shape index (κ1) is 14.3. The smallest absolute Gasteiger partial charge is 0.183 e. The van der Waals surface area contributed by atoms with Gasteiger partial charge in [-0.15, -0.1) is 11.3 Å². The van der Waals surface area contributed by atoms with Gasteiger partial charge in [0.05, 0.1) is 19.9 Å². The van der Waals surface area contributed by atoms with Gasteiger partial charge in [-0.2, -0.15) is 0 Å². The van der Waals surface area contributed by atoms with Crippen molar-refractivity contribution >= 4 is 27.3 Å². The number of hydrogen-bond acceptors (Lipinski definition) is 5. The van der Waals surface area contributed by atoms with Crippen LogP contribution < -0.4 is 14.8 Å². The van der Waals surface area contributed by atoms with E-state index in [0.717, 1.165) is 16.7 Å². The van der Waals surface area contributed by atoms with Crippen molar-refractivity contribution in [1.82, 2.24) is 10.3 Å². The van der Waals surface area contributed by atoms with Crippen molar-refractivity contribution in [1.29, 1.82) is 0 Å². The molecule has 0 bridgehead atoms. The molecule has 0 aliphatic carbocycles. The normalized spacial score (nSPS) is 10.5. The molecule has 0 spiro atoms. The van der Waals surface area contributed by atoms with Crippen LogP contribution in [0.2, 0.25) is 0 Å². The molecule has 0 unspecified atom stereocenters. The summed E-state index contributed by atoms with van der Waals surface area (Å²) in [5, 5.41) is 5.42. The molecular weight excluding hydrogens is 328 g/mol. The van der Waals surface area contributed by atoms with Crippen molar-refractivity contribution in [2.75, 3.05) is 14.2 Å². The number of ether oxygens (including phenoxy) is 2. The molecule has 102 valence electrons. The van der Waals surface area contributed by atoms with E-state index in [-0.39, 0.29) is 0 Å². The van der Waals surface area contributed by atoms with Gasteiger partial charge >= 0.3 is 0 Å². The highest BCUT2D eigenvalue weighted by Crippen LogP contribution is 2.28. The van der Waals surface area contributed by atoms with E-state index >= 15 is 0 Å². The molecule has 19 heavy (non-hydrogen) atoms. The number of rotatable bonds is 6. The molecule has 2 aromatic heterocycles. The van der Waals surface area contributed by atoms with Crippen molar-refractivity contribution in [3.8, 4) is 11.5 Å². The second-order valence-corrected chi connectivity index (χ2v) is 5.74. The van der Waals surface area contributed by atoms with Gasteiger partial charge in [-0.3, -0.25) is 4.98 Å². The van der Waals surface area contributed by atoms with E-state index in [9.17, 15) is 0 Å². The summed E-state index contributed by atoms with van der Waals surface area (Å²) in [6.07, 6.45) is 1.72. The summed E-state index contributed by atoms with van der Waals surface area (Å²) < 4.78 is 11.7. The Kier molecular flexibility index (Phi) is 5.18. The van der Waals surface area contributed by atoms with Crippen LogP contribution in [0, 0.1) is 0 Å². The van der Waals surface area contributed by atoms with Crippen LogP contribution in [0.5, 0.6) is 11.5 Å². The Balaban J connectivity index is 1.99. The molecule has 0 radical (unpaired) electrons. The predicted octanol–water partition coefficient (Wildman–Crippen LogP) is 3.21. The maximum atomic E-state index is 5.34. The van der Waals surface area contributed by atoms with Crippen LogP contribution in [0.4, 0.5) is 0 Å². The number of halogens is 1. The average Bonchev–Trinajstić information content (AvgIpc) is 2.84. The molecule has 4 nitrogen and oxygen atoms in total. The molecule has 2 rings (SSSR count). The Bertz CT molecular complexity index is 545. The molecule has 2 heterocycles. The van der Waals surface area contributed by atoms with Gasteiger partial charge in [0.25, 0.3) is 0 Å². The average molecular weight is 343 g/mol. The zero-order valence-corrected chi connectivity index (χ0v) is 13.2. The highest BCUT2D eigenvalue weighted by Gasteiger charge is 2.10. The van der Waals surface area contributed by atoms with Crippen molar-refractivity contribution < 1.29 is 9.47 Å². The molecule has 0 amide bonds. The lowest BCUT2D eigenvalue weighted by Gasteiger charge is -2.11. The minimum absolute atomic E-state index is 0.635. The van der Waals surface area contributed by atoms with Crippen molar-refractivity contribution in [2.45, 2.75) is 13.1 Å². The highest BCUT2D eigenvalue weighted by atomic mass is 79.9. The van der Waals surface area contributed by atoms with Crippen LogP contribution >= 0.6 is 27.3 Å². The van der Waals surface area contributed by atoms with Crippen molar-refractivity contribution in [3.63, 3.8) is 0 Å². The third-order valence-electron chi connectivity index (χ3n) is 2.58. The Morgan fingerprint density at radius 2 is 2.16 bits per heavy atom. The van der Waals surface area contributed by atoms with Crippen LogP contribution in [0.15, 0.2) is 28.2 Å². The molecule has 0 atom stereocenters. The third kappa shape index (κ3) is 3.68. The van der Waals surface area contributed by atoms with E-state index in [1.165, 1.54) is 4.88 Å². The number of nitrogens with one attached hydrogen (secondary N) is 1.